The highest BCUT2D eigenvalue weighted by atomic mass is 16.5. The summed E-state index contributed by atoms with van der Waals surface area (Å²) in [7, 11) is 0. The molecule has 2 rings (SSSR count). The molecule has 0 aliphatic carbocycles. The minimum atomic E-state index is -0.294. The van der Waals surface area contributed by atoms with Gasteiger partial charge in [0.05, 0.1) is 13.2 Å². The number of rotatable bonds is 3. The molecule has 0 aromatic heterocycles. The normalized spacial score (nSPS) is 14.3. The third kappa shape index (κ3) is 2.92. The lowest BCUT2D eigenvalue weighted by molar-refractivity contribution is -0.139. The average molecular weight is 204 g/mol. The van der Waals surface area contributed by atoms with Crippen LogP contribution in [-0.2, 0) is 20.9 Å². The SMILES string of the molecule is O=C(C=C1COC1)OCc1ccccc1. The molecule has 0 atom stereocenters. The van der Waals surface area contributed by atoms with Crippen LogP contribution in [0.25, 0.3) is 0 Å². The quantitative estimate of drug-likeness (QED) is 0.555. The first kappa shape index (κ1) is 9.93. The summed E-state index contributed by atoms with van der Waals surface area (Å²) >= 11 is 0. The van der Waals surface area contributed by atoms with Gasteiger partial charge < -0.3 is 9.47 Å². The minimum Gasteiger partial charge on any atom is -0.458 e. The van der Waals surface area contributed by atoms with Crippen molar-refractivity contribution in [3.8, 4) is 0 Å². The van der Waals surface area contributed by atoms with Crippen molar-refractivity contribution in [2.24, 2.45) is 0 Å². The fourth-order valence-corrected chi connectivity index (χ4v) is 1.24. The molecule has 1 saturated heterocycles. The zero-order chi connectivity index (χ0) is 10.5. The van der Waals surface area contributed by atoms with E-state index in [1.807, 2.05) is 30.3 Å². The molecular weight excluding hydrogens is 192 g/mol. The number of esters is 1. The Hall–Kier alpha value is -1.61. The van der Waals surface area contributed by atoms with Crippen molar-refractivity contribution in [1.82, 2.24) is 0 Å². The van der Waals surface area contributed by atoms with Crippen LogP contribution in [-0.4, -0.2) is 19.2 Å². The van der Waals surface area contributed by atoms with Crippen LogP contribution in [0.3, 0.4) is 0 Å². The van der Waals surface area contributed by atoms with Gasteiger partial charge in [0.15, 0.2) is 0 Å². The molecule has 0 saturated carbocycles. The van der Waals surface area contributed by atoms with Gasteiger partial charge >= 0.3 is 5.97 Å². The summed E-state index contributed by atoms with van der Waals surface area (Å²) in [5.41, 5.74) is 1.99. The summed E-state index contributed by atoms with van der Waals surface area (Å²) in [6, 6.07) is 9.61. The molecule has 1 aromatic carbocycles. The number of carbonyl (C=O) groups is 1. The molecule has 1 fully saturated rings. The maximum Gasteiger partial charge on any atom is 0.331 e. The second-order valence-corrected chi connectivity index (χ2v) is 3.39. The molecule has 3 heteroatoms. The largest absolute Gasteiger partial charge is 0.458 e. The summed E-state index contributed by atoms with van der Waals surface area (Å²) in [5.74, 6) is -0.294. The molecule has 1 aliphatic heterocycles. The average Bonchev–Trinajstić information content (AvgIpc) is 2.22. The second-order valence-electron chi connectivity index (χ2n) is 3.39. The zero-order valence-electron chi connectivity index (χ0n) is 8.31. The standard InChI is InChI=1S/C12H12O3/c13-12(6-11-7-14-8-11)15-9-10-4-2-1-3-5-10/h1-6H,7-9H2. The fraction of sp³-hybridized carbons (Fsp3) is 0.250. The first-order chi connectivity index (χ1) is 7.34. The van der Waals surface area contributed by atoms with Gasteiger partial charge in [0, 0.05) is 6.08 Å². The fourth-order valence-electron chi connectivity index (χ4n) is 1.24. The van der Waals surface area contributed by atoms with Gasteiger partial charge in [0.25, 0.3) is 0 Å². The molecule has 0 unspecified atom stereocenters. The van der Waals surface area contributed by atoms with E-state index in [2.05, 4.69) is 0 Å². The smallest absolute Gasteiger partial charge is 0.331 e. The maximum absolute atomic E-state index is 11.3. The molecule has 78 valence electrons. The Morgan fingerprint density at radius 2 is 2.07 bits per heavy atom. The van der Waals surface area contributed by atoms with Gasteiger partial charge in [-0.1, -0.05) is 30.3 Å². The van der Waals surface area contributed by atoms with E-state index in [9.17, 15) is 4.79 Å². The molecule has 0 spiro atoms. The molecule has 0 amide bonds. The molecule has 0 N–H and O–H groups in total. The van der Waals surface area contributed by atoms with E-state index in [0.29, 0.717) is 19.8 Å². The van der Waals surface area contributed by atoms with E-state index in [0.717, 1.165) is 11.1 Å². The lowest BCUT2D eigenvalue weighted by Gasteiger charge is -2.16. The van der Waals surface area contributed by atoms with Crippen LogP contribution in [0.5, 0.6) is 0 Å². The Bertz CT molecular complexity index is 362. The predicted octanol–water partition coefficient (Wildman–Crippen LogP) is 1.69. The van der Waals surface area contributed by atoms with Crippen molar-refractivity contribution in [3.63, 3.8) is 0 Å². The van der Waals surface area contributed by atoms with Gasteiger partial charge in [-0.25, -0.2) is 4.79 Å². The van der Waals surface area contributed by atoms with Gasteiger partial charge in [-0.15, -0.1) is 0 Å². The van der Waals surface area contributed by atoms with Gasteiger partial charge in [-0.2, -0.15) is 0 Å². The van der Waals surface area contributed by atoms with Crippen LogP contribution in [0.15, 0.2) is 42.0 Å². The predicted molar refractivity (Wildman–Crippen MR) is 55.1 cm³/mol. The molecule has 0 bridgehead atoms. The van der Waals surface area contributed by atoms with E-state index in [-0.39, 0.29) is 5.97 Å². The lowest BCUT2D eigenvalue weighted by Crippen LogP contribution is -2.18. The van der Waals surface area contributed by atoms with Crippen LogP contribution in [0.1, 0.15) is 5.56 Å². The summed E-state index contributed by atoms with van der Waals surface area (Å²) in [4.78, 5) is 11.3. The highest BCUT2D eigenvalue weighted by Gasteiger charge is 2.11. The van der Waals surface area contributed by atoms with Crippen molar-refractivity contribution >= 4 is 5.97 Å². The van der Waals surface area contributed by atoms with Gasteiger partial charge in [-0.3, -0.25) is 0 Å². The molecule has 1 aliphatic rings. The lowest BCUT2D eigenvalue weighted by atomic mass is 10.2. The Morgan fingerprint density at radius 1 is 1.33 bits per heavy atom. The monoisotopic (exact) mass is 204 g/mol. The van der Waals surface area contributed by atoms with Crippen LogP contribution < -0.4 is 0 Å². The molecule has 15 heavy (non-hydrogen) atoms. The van der Waals surface area contributed by atoms with Crippen molar-refractivity contribution in [2.75, 3.05) is 13.2 Å². The Labute approximate surface area is 88.3 Å². The third-order valence-electron chi connectivity index (χ3n) is 2.12. The number of ether oxygens (including phenoxy) is 2. The third-order valence-corrected chi connectivity index (χ3v) is 2.12. The summed E-state index contributed by atoms with van der Waals surface area (Å²) in [6.07, 6.45) is 1.51. The van der Waals surface area contributed by atoms with Gasteiger partial charge in [0.1, 0.15) is 6.61 Å². The summed E-state index contributed by atoms with van der Waals surface area (Å²) in [5, 5.41) is 0. The number of hydrogen-bond acceptors (Lipinski definition) is 3. The molecule has 1 heterocycles. The van der Waals surface area contributed by atoms with Crippen LogP contribution >= 0.6 is 0 Å². The second kappa shape index (κ2) is 4.75. The maximum atomic E-state index is 11.3. The van der Waals surface area contributed by atoms with Crippen molar-refractivity contribution in [1.29, 1.82) is 0 Å². The number of hydrogen-bond donors (Lipinski definition) is 0. The highest BCUT2D eigenvalue weighted by Crippen LogP contribution is 2.08. The van der Waals surface area contributed by atoms with E-state index < -0.39 is 0 Å². The van der Waals surface area contributed by atoms with Crippen LogP contribution in [0.4, 0.5) is 0 Å². The topological polar surface area (TPSA) is 35.5 Å². The number of benzene rings is 1. The Balaban J connectivity index is 1.80. The first-order valence-corrected chi connectivity index (χ1v) is 4.82. The molecule has 1 aromatic rings. The van der Waals surface area contributed by atoms with E-state index in [1.54, 1.807) is 0 Å². The molecule has 3 nitrogen and oxygen atoms in total. The minimum absolute atomic E-state index is 0.294. The Kier molecular flexibility index (Phi) is 3.15. The summed E-state index contributed by atoms with van der Waals surface area (Å²) < 4.78 is 9.99. The van der Waals surface area contributed by atoms with Gasteiger partial charge in [0.2, 0.25) is 0 Å². The number of carbonyl (C=O) groups excluding carboxylic acids is 1. The highest BCUT2D eigenvalue weighted by molar-refractivity contribution is 5.83. The molecule has 0 radical (unpaired) electrons. The first-order valence-electron chi connectivity index (χ1n) is 4.82. The van der Waals surface area contributed by atoms with E-state index in [1.165, 1.54) is 6.08 Å². The van der Waals surface area contributed by atoms with E-state index in [4.69, 9.17) is 9.47 Å². The van der Waals surface area contributed by atoms with Crippen LogP contribution in [0.2, 0.25) is 0 Å². The molecular formula is C12H12O3. The Morgan fingerprint density at radius 3 is 2.67 bits per heavy atom. The van der Waals surface area contributed by atoms with E-state index >= 15 is 0 Å². The summed E-state index contributed by atoms with van der Waals surface area (Å²) in [6.45, 7) is 1.44. The zero-order valence-corrected chi connectivity index (χ0v) is 8.31. The van der Waals surface area contributed by atoms with Gasteiger partial charge in [-0.05, 0) is 11.1 Å². The van der Waals surface area contributed by atoms with Crippen molar-refractivity contribution in [3.05, 3.63) is 47.5 Å². The van der Waals surface area contributed by atoms with Crippen molar-refractivity contribution in [2.45, 2.75) is 6.61 Å². The van der Waals surface area contributed by atoms with Crippen molar-refractivity contribution < 1.29 is 14.3 Å². The van der Waals surface area contributed by atoms with Crippen LogP contribution in [0, 0.1) is 0 Å².